The molecule has 1 atom stereocenters. The smallest absolute Gasteiger partial charge is 0.146 e. The first-order chi connectivity index (χ1) is 7.59. The van der Waals surface area contributed by atoms with Crippen LogP contribution in [0.3, 0.4) is 0 Å². The number of anilines is 1. The number of nitrogens with two attached hydrogens (primary N) is 1. The lowest BCUT2D eigenvalue weighted by molar-refractivity contribution is 0.613. The van der Waals surface area contributed by atoms with E-state index in [1.165, 1.54) is 18.9 Å². The molecule has 16 heavy (non-hydrogen) atoms. The highest BCUT2D eigenvalue weighted by Gasteiger charge is 2.25. The Labute approximate surface area is 96.2 Å². The van der Waals surface area contributed by atoms with E-state index in [2.05, 4.69) is 0 Å². The summed E-state index contributed by atoms with van der Waals surface area (Å²) in [5, 5.41) is 0. The van der Waals surface area contributed by atoms with Gasteiger partial charge in [-0.2, -0.15) is 0 Å². The van der Waals surface area contributed by atoms with Crippen LogP contribution in [0.15, 0.2) is 18.2 Å². The fraction of sp³-hybridized carbons (Fsp3) is 0.538. The first-order valence-electron chi connectivity index (χ1n) is 5.84. The molecule has 0 radical (unpaired) electrons. The molecule has 1 unspecified atom stereocenters. The second-order valence-corrected chi connectivity index (χ2v) is 4.79. The molecule has 0 spiro atoms. The van der Waals surface area contributed by atoms with Crippen LogP contribution >= 0.6 is 0 Å². The number of benzene rings is 1. The third kappa shape index (κ3) is 2.35. The summed E-state index contributed by atoms with van der Waals surface area (Å²) in [6, 6.07) is 5.01. The van der Waals surface area contributed by atoms with E-state index in [0.29, 0.717) is 5.69 Å². The lowest BCUT2D eigenvalue weighted by atomic mass is 10.1. The maximum absolute atomic E-state index is 13.8. The van der Waals surface area contributed by atoms with Crippen LogP contribution in [0.1, 0.15) is 31.4 Å². The van der Waals surface area contributed by atoms with Gasteiger partial charge < -0.3 is 10.6 Å². The zero-order valence-electron chi connectivity index (χ0n) is 9.91. The summed E-state index contributed by atoms with van der Waals surface area (Å²) in [6.45, 7) is 2.82. The van der Waals surface area contributed by atoms with Crippen molar-refractivity contribution in [1.82, 2.24) is 0 Å². The van der Waals surface area contributed by atoms with Gasteiger partial charge in [-0.1, -0.05) is 12.1 Å². The Morgan fingerprint density at radius 2 is 2.19 bits per heavy atom. The molecule has 2 N–H and O–H groups in total. The van der Waals surface area contributed by atoms with Gasteiger partial charge in [-0.05, 0) is 37.3 Å². The van der Waals surface area contributed by atoms with Gasteiger partial charge in [-0.15, -0.1) is 0 Å². The van der Waals surface area contributed by atoms with E-state index < -0.39 is 0 Å². The third-order valence-electron chi connectivity index (χ3n) is 3.12. The van der Waals surface area contributed by atoms with Crippen molar-refractivity contribution >= 4 is 5.69 Å². The van der Waals surface area contributed by atoms with Gasteiger partial charge >= 0.3 is 0 Å². The topological polar surface area (TPSA) is 29.3 Å². The van der Waals surface area contributed by atoms with Gasteiger partial charge in [0.2, 0.25) is 0 Å². The van der Waals surface area contributed by atoms with E-state index in [0.717, 1.165) is 18.0 Å². The average Bonchev–Trinajstić information content (AvgIpc) is 3.00. The van der Waals surface area contributed by atoms with Crippen LogP contribution in [-0.2, 0) is 0 Å². The monoisotopic (exact) mass is 222 g/mol. The molecule has 0 aliphatic heterocycles. The van der Waals surface area contributed by atoms with Crippen molar-refractivity contribution in [3.63, 3.8) is 0 Å². The number of hydrogen-bond donors (Lipinski definition) is 1. The highest BCUT2D eigenvalue weighted by Crippen LogP contribution is 2.33. The molecular weight excluding hydrogens is 203 g/mol. The van der Waals surface area contributed by atoms with Crippen molar-refractivity contribution < 1.29 is 4.39 Å². The summed E-state index contributed by atoms with van der Waals surface area (Å²) >= 11 is 0. The molecule has 0 saturated heterocycles. The predicted octanol–water partition coefficient (Wildman–Crippen LogP) is 2.69. The second kappa shape index (κ2) is 4.42. The van der Waals surface area contributed by atoms with Crippen molar-refractivity contribution in [3.05, 3.63) is 29.6 Å². The zero-order chi connectivity index (χ0) is 11.7. The normalized spacial score (nSPS) is 17.2. The molecule has 2 nitrogen and oxygen atoms in total. The van der Waals surface area contributed by atoms with E-state index in [1.54, 1.807) is 6.07 Å². The third-order valence-corrected chi connectivity index (χ3v) is 3.12. The fourth-order valence-electron chi connectivity index (χ4n) is 2.08. The zero-order valence-corrected chi connectivity index (χ0v) is 9.91. The molecule has 0 bridgehead atoms. The molecule has 1 saturated carbocycles. The van der Waals surface area contributed by atoms with E-state index >= 15 is 0 Å². The summed E-state index contributed by atoms with van der Waals surface area (Å²) in [7, 11) is 1.95. The molecule has 88 valence electrons. The van der Waals surface area contributed by atoms with E-state index in [9.17, 15) is 4.39 Å². The molecule has 0 amide bonds. The summed E-state index contributed by atoms with van der Waals surface area (Å²) in [6.07, 6.45) is 2.54. The number of nitrogens with zero attached hydrogens (tertiary/aromatic N) is 1. The van der Waals surface area contributed by atoms with Gasteiger partial charge in [-0.3, -0.25) is 0 Å². The molecule has 1 aromatic rings. The highest BCUT2D eigenvalue weighted by atomic mass is 19.1. The van der Waals surface area contributed by atoms with E-state index in [4.69, 9.17) is 5.73 Å². The van der Waals surface area contributed by atoms with E-state index in [-0.39, 0.29) is 11.9 Å². The summed E-state index contributed by atoms with van der Waals surface area (Å²) in [4.78, 5) is 2.01. The van der Waals surface area contributed by atoms with Crippen LogP contribution in [0.25, 0.3) is 0 Å². The van der Waals surface area contributed by atoms with Crippen LogP contribution in [0, 0.1) is 11.7 Å². The SMILES string of the molecule is CC(N)c1cccc(F)c1N(C)CC1CC1. The summed E-state index contributed by atoms with van der Waals surface area (Å²) in [5.74, 6) is 0.573. The Bertz CT molecular complexity index is 372. The van der Waals surface area contributed by atoms with Crippen molar-refractivity contribution in [2.45, 2.75) is 25.8 Å². The fourth-order valence-corrected chi connectivity index (χ4v) is 2.08. The lowest BCUT2D eigenvalue weighted by Crippen LogP contribution is -2.24. The van der Waals surface area contributed by atoms with Gasteiger partial charge in [0.15, 0.2) is 0 Å². The molecule has 1 fully saturated rings. The maximum atomic E-state index is 13.8. The van der Waals surface area contributed by atoms with Crippen LogP contribution in [-0.4, -0.2) is 13.6 Å². The number of para-hydroxylation sites is 1. The summed E-state index contributed by atoms with van der Waals surface area (Å²) < 4.78 is 13.8. The van der Waals surface area contributed by atoms with Crippen molar-refractivity contribution in [3.8, 4) is 0 Å². The van der Waals surface area contributed by atoms with Gasteiger partial charge in [0.05, 0.1) is 5.69 Å². The molecule has 0 heterocycles. The Kier molecular flexibility index (Phi) is 3.15. The molecular formula is C13H19FN2. The minimum atomic E-state index is -0.169. The largest absolute Gasteiger partial charge is 0.372 e. The highest BCUT2D eigenvalue weighted by molar-refractivity contribution is 5.55. The standard InChI is InChI=1S/C13H19FN2/c1-9(15)11-4-3-5-12(14)13(11)16(2)8-10-6-7-10/h3-5,9-10H,6-8,15H2,1-2H3. The maximum Gasteiger partial charge on any atom is 0.146 e. The Morgan fingerprint density at radius 3 is 2.75 bits per heavy atom. The van der Waals surface area contributed by atoms with Crippen LogP contribution < -0.4 is 10.6 Å². The minimum Gasteiger partial charge on any atom is -0.372 e. The molecule has 1 aliphatic carbocycles. The average molecular weight is 222 g/mol. The number of rotatable bonds is 4. The predicted molar refractivity (Wildman–Crippen MR) is 65.0 cm³/mol. The number of halogens is 1. The van der Waals surface area contributed by atoms with Crippen LogP contribution in [0.2, 0.25) is 0 Å². The molecule has 0 aromatic heterocycles. The second-order valence-electron chi connectivity index (χ2n) is 4.79. The molecule has 1 aromatic carbocycles. The van der Waals surface area contributed by atoms with Gasteiger partial charge in [-0.25, -0.2) is 4.39 Å². The van der Waals surface area contributed by atoms with Crippen molar-refractivity contribution in [1.29, 1.82) is 0 Å². The van der Waals surface area contributed by atoms with Gasteiger partial charge in [0.25, 0.3) is 0 Å². The lowest BCUT2D eigenvalue weighted by Gasteiger charge is -2.24. The quantitative estimate of drug-likeness (QED) is 0.848. The van der Waals surface area contributed by atoms with Gasteiger partial charge in [0.1, 0.15) is 5.82 Å². The first-order valence-corrected chi connectivity index (χ1v) is 5.84. The van der Waals surface area contributed by atoms with Crippen molar-refractivity contribution in [2.24, 2.45) is 11.7 Å². The summed E-state index contributed by atoms with van der Waals surface area (Å²) in [5.41, 5.74) is 7.44. The Morgan fingerprint density at radius 1 is 1.50 bits per heavy atom. The van der Waals surface area contributed by atoms with E-state index in [1.807, 2.05) is 24.9 Å². The van der Waals surface area contributed by atoms with Crippen LogP contribution in [0.4, 0.5) is 10.1 Å². The Hall–Kier alpha value is -1.09. The van der Waals surface area contributed by atoms with Gasteiger partial charge in [0, 0.05) is 19.6 Å². The minimum absolute atomic E-state index is 0.132. The first kappa shape index (κ1) is 11.4. The molecule has 2 rings (SSSR count). The van der Waals surface area contributed by atoms with Crippen LogP contribution in [0.5, 0.6) is 0 Å². The van der Waals surface area contributed by atoms with Crippen molar-refractivity contribution in [2.75, 3.05) is 18.5 Å². The molecule has 1 aliphatic rings. The molecule has 3 heteroatoms. The number of hydrogen-bond acceptors (Lipinski definition) is 2. The Balaban J connectivity index is 2.28.